The van der Waals surface area contributed by atoms with Crippen LogP contribution < -0.4 is 5.06 Å². The summed E-state index contributed by atoms with van der Waals surface area (Å²) in [6, 6.07) is 5.01. The van der Waals surface area contributed by atoms with E-state index in [0.717, 1.165) is 11.1 Å². The van der Waals surface area contributed by atoms with Crippen molar-refractivity contribution in [2.75, 3.05) is 12.1 Å². The Kier molecular flexibility index (Phi) is 4.12. The van der Waals surface area contributed by atoms with Crippen LogP contribution in [-0.4, -0.2) is 24.0 Å². The molecule has 0 aliphatic carbocycles. The summed E-state index contributed by atoms with van der Waals surface area (Å²) in [4.78, 5) is 13.4. The lowest BCUT2D eigenvalue weighted by Crippen LogP contribution is -2.42. The van der Waals surface area contributed by atoms with Crippen molar-refractivity contribution in [1.82, 2.24) is 4.90 Å². The molecule has 4 heteroatoms. The van der Waals surface area contributed by atoms with Crippen LogP contribution in [0.3, 0.4) is 0 Å². The van der Waals surface area contributed by atoms with Gasteiger partial charge in [-0.1, -0.05) is 18.2 Å². The standard InChI is InChI=1S/C13H19N2O2/c1-9(2)14(5)13(16)15(17)12-10(3)7-6-8-11(12)4/h6-9H,1-5H3/q-1. The molecule has 0 bridgehead atoms. The first kappa shape index (κ1) is 13.5. The van der Waals surface area contributed by atoms with E-state index in [4.69, 9.17) is 0 Å². The van der Waals surface area contributed by atoms with Gasteiger partial charge < -0.3 is 15.2 Å². The van der Waals surface area contributed by atoms with Crippen LogP contribution in [0.1, 0.15) is 25.0 Å². The lowest BCUT2D eigenvalue weighted by molar-refractivity contribution is 0.206. The summed E-state index contributed by atoms with van der Waals surface area (Å²) in [6.45, 7) is 7.40. The van der Waals surface area contributed by atoms with Crippen molar-refractivity contribution in [3.8, 4) is 0 Å². The number of para-hydroxylation sites is 1. The summed E-state index contributed by atoms with van der Waals surface area (Å²) in [5, 5.41) is 12.5. The Morgan fingerprint density at radius 3 is 2.12 bits per heavy atom. The Labute approximate surface area is 102 Å². The maximum Gasteiger partial charge on any atom is 0.313 e. The number of urea groups is 1. The Balaban J connectivity index is 3.05. The number of rotatable bonds is 2. The second-order valence-electron chi connectivity index (χ2n) is 4.52. The smallest absolute Gasteiger partial charge is 0.313 e. The average Bonchev–Trinajstić information content (AvgIpc) is 2.26. The molecule has 0 saturated heterocycles. The van der Waals surface area contributed by atoms with Crippen molar-refractivity contribution in [3.05, 3.63) is 34.5 Å². The molecule has 0 aliphatic rings. The molecule has 0 saturated carbocycles. The number of amides is 2. The molecule has 94 valence electrons. The molecule has 1 rings (SSSR count). The van der Waals surface area contributed by atoms with Crippen molar-refractivity contribution >= 4 is 11.7 Å². The summed E-state index contributed by atoms with van der Waals surface area (Å²) in [7, 11) is 1.63. The van der Waals surface area contributed by atoms with Crippen molar-refractivity contribution in [2.24, 2.45) is 0 Å². The van der Waals surface area contributed by atoms with Gasteiger partial charge in [0.05, 0.1) is 0 Å². The van der Waals surface area contributed by atoms with Gasteiger partial charge >= 0.3 is 6.03 Å². The lowest BCUT2D eigenvalue weighted by atomic mass is 10.1. The van der Waals surface area contributed by atoms with Crippen LogP contribution >= 0.6 is 0 Å². The molecular weight excluding hydrogens is 216 g/mol. The second kappa shape index (κ2) is 5.19. The molecule has 0 heterocycles. The Bertz CT molecular complexity index is 396. The molecule has 17 heavy (non-hydrogen) atoms. The van der Waals surface area contributed by atoms with Gasteiger partial charge in [-0.05, 0) is 38.8 Å². The van der Waals surface area contributed by atoms with Crippen molar-refractivity contribution < 1.29 is 4.79 Å². The molecule has 0 unspecified atom stereocenters. The zero-order chi connectivity index (χ0) is 13.2. The molecular formula is C13H19N2O2-. The molecule has 0 spiro atoms. The largest absolute Gasteiger partial charge is 0.750 e. The quantitative estimate of drug-likeness (QED) is 0.739. The summed E-state index contributed by atoms with van der Waals surface area (Å²) in [5.41, 5.74) is 2.07. The molecule has 0 aromatic heterocycles. The van der Waals surface area contributed by atoms with E-state index in [9.17, 15) is 10.0 Å². The molecule has 0 atom stereocenters. The van der Waals surface area contributed by atoms with Crippen LogP contribution in [-0.2, 0) is 0 Å². The van der Waals surface area contributed by atoms with E-state index < -0.39 is 6.03 Å². The SMILES string of the molecule is Cc1cccc(C)c1N([O-])C(=O)N(C)C(C)C. The van der Waals surface area contributed by atoms with Gasteiger partial charge in [0.1, 0.15) is 0 Å². The number of hydrogen-bond donors (Lipinski definition) is 0. The van der Waals surface area contributed by atoms with Gasteiger partial charge in [-0.3, -0.25) is 0 Å². The first-order chi connectivity index (χ1) is 7.86. The van der Waals surface area contributed by atoms with Gasteiger partial charge in [0.15, 0.2) is 0 Å². The number of hydroxylamine groups is 1. The fourth-order valence-electron chi connectivity index (χ4n) is 1.59. The van der Waals surface area contributed by atoms with Crippen LogP contribution in [0.5, 0.6) is 0 Å². The van der Waals surface area contributed by atoms with Gasteiger partial charge in [-0.15, -0.1) is 0 Å². The van der Waals surface area contributed by atoms with Crippen LogP contribution in [0, 0.1) is 19.1 Å². The van der Waals surface area contributed by atoms with Crippen molar-refractivity contribution in [2.45, 2.75) is 33.7 Å². The number of benzene rings is 1. The molecule has 4 nitrogen and oxygen atoms in total. The minimum atomic E-state index is -0.530. The zero-order valence-electron chi connectivity index (χ0n) is 11.0. The van der Waals surface area contributed by atoms with Gasteiger partial charge in [0, 0.05) is 18.8 Å². The maximum atomic E-state index is 12.1. The highest BCUT2D eigenvalue weighted by Gasteiger charge is 2.16. The van der Waals surface area contributed by atoms with E-state index in [-0.39, 0.29) is 6.04 Å². The number of nitrogens with zero attached hydrogens (tertiary/aromatic N) is 2. The Morgan fingerprint density at radius 1 is 1.24 bits per heavy atom. The topological polar surface area (TPSA) is 46.6 Å². The molecule has 0 aliphatic heterocycles. The third-order valence-electron chi connectivity index (χ3n) is 2.89. The summed E-state index contributed by atoms with van der Waals surface area (Å²) >= 11 is 0. The normalized spacial score (nSPS) is 10.5. The van der Waals surface area contributed by atoms with Crippen molar-refractivity contribution in [3.63, 3.8) is 0 Å². The maximum absolute atomic E-state index is 12.1. The van der Waals surface area contributed by atoms with E-state index in [1.807, 2.05) is 45.9 Å². The monoisotopic (exact) mass is 235 g/mol. The van der Waals surface area contributed by atoms with Crippen molar-refractivity contribution in [1.29, 1.82) is 0 Å². The molecule has 0 radical (unpaired) electrons. The minimum absolute atomic E-state index is 0.00303. The van der Waals surface area contributed by atoms with Gasteiger partial charge in [0.25, 0.3) is 0 Å². The predicted octanol–water partition coefficient (Wildman–Crippen LogP) is 3.07. The third kappa shape index (κ3) is 2.77. The van der Waals surface area contributed by atoms with Crippen LogP contribution in [0.4, 0.5) is 10.5 Å². The zero-order valence-corrected chi connectivity index (χ0v) is 11.0. The first-order valence-electron chi connectivity index (χ1n) is 5.66. The lowest BCUT2D eigenvalue weighted by Gasteiger charge is -2.36. The molecule has 0 fully saturated rings. The molecule has 1 aromatic rings. The van der Waals surface area contributed by atoms with Gasteiger partial charge in [0.2, 0.25) is 0 Å². The second-order valence-corrected chi connectivity index (χ2v) is 4.52. The van der Waals surface area contributed by atoms with E-state index in [2.05, 4.69) is 0 Å². The van der Waals surface area contributed by atoms with Crippen LogP contribution in [0.2, 0.25) is 0 Å². The molecule has 1 aromatic carbocycles. The average molecular weight is 235 g/mol. The Morgan fingerprint density at radius 2 is 1.71 bits per heavy atom. The highest BCUT2D eigenvalue weighted by Crippen LogP contribution is 2.24. The summed E-state index contributed by atoms with van der Waals surface area (Å²) < 4.78 is 0. The van der Waals surface area contributed by atoms with Gasteiger partial charge in [-0.25, -0.2) is 4.79 Å². The predicted molar refractivity (Wildman–Crippen MR) is 70.1 cm³/mol. The number of carbonyl (C=O) groups excluding carboxylic acids is 1. The van der Waals surface area contributed by atoms with Crippen LogP contribution in [0.15, 0.2) is 18.2 Å². The summed E-state index contributed by atoms with van der Waals surface area (Å²) in [6.07, 6.45) is 0. The fourth-order valence-corrected chi connectivity index (χ4v) is 1.59. The van der Waals surface area contributed by atoms with Crippen LogP contribution in [0.25, 0.3) is 0 Å². The number of hydrogen-bond acceptors (Lipinski definition) is 2. The highest BCUT2D eigenvalue weighted by molar-refractivity contribution is 5.94. The van der Waals surface area contributed by atoms with E-state index in [0.29, 0.717) is 10.8 Å². The highest BCUT2D eigenvalue weighted by atomic mass is 16.5. The van der Waals surface area contributed by atoms with Gasteiger partial charge in [-0.2, -0.15) is 0 Å². The summed E-state index contributed by atoms with van der Waals surface area (Å²) in [5.74, 6) is 0. The first-order valence-corrected chi connectivity index (χ1v) is 5.66. The molecule has 0 N–H and O–H groups in total. The minimum Gasteiger partial charge on any atom is -0.750 e. The third-order valence-corrected chi connectivity index (χ3v) is 2.89. The molecule has 2 amide bonds. The van der Waals surface area contributed by atoms with E-state index >= 15 is 0 Å². The number of aryl methyl sites for hydroxylation is 2. The number of anilines is 1. The van der Waals surface area contributed by atoms with E-state index in [1.54, 1.807) is 7.05 Å². The van der Waals surface area contributed by atoms with E-state index in [1.165, 1.54) is 4.90 Å². The Hall–Kier alpha value is -1.55. The number of carbonyl (C=O) groups is 1. The fraction of sp³-hybridized carbons (Fsp3) is 0.462.